The minimum absolute atomic E-state index is 0.00130. The van der Waals surface area contributed by atoms with Crippen LogP contribution >= 0.6 is 0 Å². The number of para-hydroxylation sites is 1. The van der Waals surface area contributed by atoms with Gasteiger partial charge in [-0.05, 0) is 18.1 Å². The van der Waals surface area contributed by atoms with Crippen LogP contribution in [0.1, 0.15) is 13.8 Å². The smallest absolute Gasteiger partial charge is 0.319 e. The molecule has 1 heterocycles. The van der Waals surface area contributed by atoms with Crippen molar-refractivity contribution in [1.29, 1.82) is 0 Å². The van der Waals surface area contributed by atoms with Gasteiger partial charge in [-0.15, -0.1) is 0 Å². The van der Waals surface area contributed by atoms with E-state index in [4.69, 9.17) is 0 Å². The van der Waals surface area contributed by atoms with Crippen molar-refractivity contribution in [3.05, 3.63) is 30.3 Å². The van der Waals surface area contributed by atoms with Gasteiger partial charge in [0.25, 0.3) is 0 Å². The molecule has 2 amide bonds. The van der Waals surface area contributed by atoms with Crippen LogP contribution in [0.2, 0.25) is 0 Å². The van der Waals surface area contributed by atoms with Crippen molar-refractivity contribution in [3.63, 3.8) is 0 Å². The lowest BCUT2D eigenvalue weighted by Gasteiger charge is -2.38. The first kappa shape index (κ1) is 12.9. The third kappa shape index (κ3) is 3.01. The highest BCUT2D eigenvalue weighted by Gasteiger charge is 2.28. The molecule has 0 aromatic heterocycles. The van der Waals surface area contributed by atoms with Gasteiger partial charge in [0.1, 0.15) is 0 Å². The van der Waals surface area contributed by atoms with Crippen molar-refractivity contribution in [3.8, 4) is 0 Å². The molecule has 4 heteroatoms. The highest BCUT2D eigenvalue weighted by atomic mass is 16.2. The second-order valence-electron chi connectivity index (χ2n) is 5.01. The van der Waals surface area contributed by atoms with Gasteiger partial charge in [-0.25, -0.2) is 4.79 Å². The van der Waals surface area contributed by atoms with E-state index >= 15 is 0 Å². The molecule has 2 rings (SSSR count). The number of nitrogens with one attached hydrogen (secondary N) is 2. The van der Waals surface area contributed by atoms with Gasteiger partial charge in [0, 0.05) is 31.4 Å². The first-order chi connectivity index (χ1) is 8.68. The number of hydrogen-bond donors (Lipinski definition) is 2. The predicted molar refractivity (Wildman–Crippen MR) is 73.7 cm³/mol. The van der Waals surface area contributed by atoms with E-state index in [0.717, 1.165) is 25.3 Å². The van der Waals surface area contributed by atoms with Gasteiger partial charge in [0.15, 0.2) is 0 Å². The van der Waals surface area contributed by atoms with Crippen molar-refractivity contribution in [1.82, 2.24) is 10.2 Å². The van der Waals surface area contributed by atoms with Crippen LogP contribution in [0.25, 0.3) is 0 Å². The first-order valence-corrected chi connectivity index (χ1v) is 6.52. The Labute approximate surface area is 108 Å². The molecule has 1 atom stereocenters. The molecule has 0 radical (unpaired) electrons. The van der Waals surface area contributed by atoms with Crippen molar-refractivity contribution in [2.75, 3.05) is 25.0 Å². The van der Waals surface area contributed by atoms with Gasteiger partial charge >= 0.3 is 6.03 Å². The number of piperazine rings is 1. The molecule has 0 bridgehead atoms. The van der Waals surface area contributed by atoms with E-state index in [1.165, 1.54) is 0 Å². The van der Waals surface area contributed by atoms with Gasteiger partial charge < -0.3 is 15.5 Å². The molecule has 0 saturated carbocycles. The van der Waals surface area contributed by atoms with Crippen molar-refractivity contribution >= 4 is 11.7 Å². The van der Waals surface area contributed by atoms with E-state index in [-0.39, 0.29) is 12.1 Å². The number of carbonyl (C=O) groups is 1. The molecule has 18 heavy (non-hydrogen) atoms. The van der Waals surface area contributed by atoms with Crippen LogP contribution < -0.4 is 10.6 Å². The zero-order valence-corrected chi connectivity index (χ0v) is 11.0. The SMILES string of the molecule is CC(C)C1CNCCN1C(=O)Nc1ccccc1. The van der Waals surface area contributed by atoms with Gasteiger partial charge in [-0.1, -0.05) is 32.0 Å². The number of benzene rings is 1. The lowest BCUT2D eigenvalue weighted by molar-refractivity contribution is 0.147. The number of urea groups is 1. The molecular weight excluding hydrogens is 226 g/mol. The maximum atomic E-state index is 12.3. The third-order valence-corrected chi connectivity index (χ3v) is 3.34. The number of anilines is 1. The van der Waals surface area contributed by atoms with Crippen LogP contribution in [0.15, 0.2) is 30.3 Å². The Morgan fingerprint density at radius 1 is 1.39 bits per heavy atom. The molecule has 1 aromatic rings. The fourth-order valence-electron chi connectivity index (χ4n) is 2.29. The van der Waals surface area contributed by atoms with Crippen molar-refractivity contribution in [2.24, 2.45) is 5.92 Å². The molecule has 1 saturated heterocycles. The zero-order valence-electron chi connectivity index (χ0n) is 11.0. The average molecular weight is 247 g/mol. The van der Waals surface area contributed by atoms with Crippen LogP contribution in [-0.2, 0) is 0 Å². The molecule has 1 aliphatic heterocycles. The molecule has 4 nitrogen and oxygen atoms in total. The normalized spacial score (nSPS) is 19.9. The minimum Gasteiger partial charge on any atom is -0.319 e. The van der Waals surface area contributed by atoms with Gasteiger partial charge in [0.05, 0.1) is 0 Å². The van der Waals surface area contributed by atoms with Crippen LogP contribution in [0.3, 0.4) is 0 Å². The summed E-state index contributed by atoms with van der Waals surface area (Å²) in [6, 6.07) is 9.87. The molecule has 1 aromatic carbocycles. The highest BCUT2D eigenvalue weighted by molar-refractivity contribution is 5.89. The summed E-state index contributed by atoms with van der Waals surface area (Å²) in [4.78, 5) is 14.2. The molecule has 0 spiro atoms. The summed E-state index contributed by atoms with van der Waals surface area (Å²) in [6.45, 7) is 6.81. The lowest BCUT2D eigenvalue weighted by atomic mass is 10.0. The number of hydrogen-bond acceptors (Lipinski definition) is 2. The Hall–Kier alpha value is -1.55. The van der Waals surface area contributed by atoms with Crippen LogP contribution in [-0.4, -0.2) is 36.6 Å². The lowest BCUT2D eigenvalue weighted by Crippen LogP contribution is -2.56. The van der Waals surface area contributed by atoms with E-state index in [1.807, 2.05) is 35.2 Å². The standard InChI is InChI=1S/C14H21N3O/c1-11(2)13-10-15-8-9-17(13)14(18)16-12-6-4-3-5-7-12/h3-7,11,13,15H,8-10H2,1-2H3,(H,16,18). The summed E-state index contributed by atoms with van der Waals surface area (Å²) in [7, 11) is 0. The molecule has 0 aliphatic carbocycles. The second-order valence-corrected chi connectivity index (χ2v) is 5.01. The predicted octanol–water partition coefficient (Wildman–Crippen LogP) is 2.15. The fraction of sp³-hybridized carbons (Fsp3) is 0.500. The van der Waals surface area contributed by atoms with Gasteiger partial charge in [-0.3, -0.25) is 0 Å². The molecule has 1 aliphatic rings. The van der Waals surface area contributed by atoms with E-state index in [0.29, 0.717) is 5.92 Å². The Morgan fingerprint density at radius 3 is 2.78 bits per heavy atom. The number of nitrogens with zero attached hydrogens (tertiary/aromatic N) is 1. The summed E-state index contributed by atoms with van der Waals surface area (Å²) in [5, 5.41) is 6.30. The van der Waals surface area contributed by atoms with Crippen molar-refractivity contribution < 1.29 is 4.79 Å². The second kappa shape index (κ2) is 5.87. The molecule has 1 fully saturated rings. The highest BCUT2D eigenvalue weighted by Crippen LogP contribution is 2.15. The topological polar surface area (TPSA) is 44.4 Å². The minimum atomic E-state index is 0.00130. The summed E-state index contributed by atoms with van der Waals surface area (Å²) in [5.41, 5.74) is 0.850. The average Bonchev–Trinajstić information content (AvgIpc) is 2.40. The summed E-state index contributed by atoms with van der Waals surface area (Å²) in [5.74, 6) is 0.458. The molecule has 2 N–H and O–H groups in total. The molecule has 1 unspecified atom stereocenters. The van der Waals surface area contributed by atoms with Gasteiger partial charge in [-0.2, -0.15) is 0 Å². The molecular formula is C14H21N3O. The third-order valence-electron chi connectivity index (χ3n) is 3.34. The Bertz CT molecular complexity index is 391. The maximum Gasteiger partial charge on any atom is 0.322 e. The van der Waals surface area contributed by atoms with Crippen LogP contribution in [0, 0.1) is 5.92 Å². The largest absolute Gasteiger partial charge is 0.322 e. The van der Waals surface area contributed by atoms with Crippen LogP contribution in [0.5, 0.6) is 0 Å². The van der Waals surface area contributed by atoms with E-state index in [9.17, 15) is 4.79 Å². The Morgan fingerprint density at radius 2 is 2.11 bits per heavy atom. The number of amides is 2. The quantitative estimate of drug-likeness (QED) is 0.841. The maximum absolute atomic E-state index is 12.3. The summed E-state index contributed by atoms with van der Waals surface area (Å²) < 4.78 is 0. The van der Waals surface area contributed by atoms with E-state index < -0.39 is 0 Å². The van der Waals surface area contributed by atoms with Crippen molar-refractivity contribution in [2.45, 2.75) is 19.9 Å². The Balaban J connectivity index is 2.02. The summed E-state index contributed by atoms with van der Waals surface area (Å²) in [6.07, 6.45) is 0. The van der Waals surface area contributed by atoms with Crippen LogP contribution in [0.4, 0.5) is 10.5 Å². The fourth-order valence-corrected chi connectivity index (χ4v) is 2.29. The Kier molecular flexibility index (Phi) is 4.20. The zero-order chi connectivity index (χ0) is 13.0. The van der Waals surface area contributed by atoms with E-state index in [2.05, 4.69) is 24.5 Å². The van der Waals surface area contributed by atoms with E-state index in [1.54, 1.807) is 0 Å². The number of carbonyl (C=O) groups excluding carboxylic acids is 1. The summed E-state index contributed by atoms with van der Waals surface area (Å²) >= 11 is 0. The number of rotatable bonds is 2. The molecule has 98 valence electrons. The van der Waals surface area contributed by atoms with Gasteiger partial charge in [0.2, 0.25) is 0 Å². The monoisotopic (exact) mass is 247 g/mol. The first-order valence-electron chi connectivity index (χ1n) is 6.52.